The first kappa shape index (κ1) is 12.5. The average Bonchev–Trinajstić information content (AvgIpc) is 2.24. The van der Waals surface area contributed by atoms with E-state index in [1.54, 1.807) is 0 Å². The lowest BCUT2D eigenvalue weighted by molar-refractivity contribution is 0.213. The SMILES string of the molecule is CCC1(NS(=O)(=O)c2ccccc2F)CCC1. The van der Waals surface area contributed by atoms with Crippen molar-refractivity contribution in [2.75, 3.05) is 0 Å². The van der Waals surface area contributed by atoms with E-state index < -0.39 is 15.8 Å². The molecule has 5 heteroatoms. The molecule has 0 atom stereocenters. The fourth-order valence-electron chi connectivity index (χ4n) is 2.13. The third kappa shape index (κ3) is 2.35. The Morgan fingerprint density at radius 3 is 2.47 bits per heavy atom. The zero-order valence-electron chi connectivity index (χ0n) is 9.74. The Hall–Kier alpha value is -0.940. The standard InChI is InChI=1S/C12H16FNO2S/c1-2-12(8-5-9-12)14-17(15,16)11-7-4-3-6-10(11)13/h3-4,6-7,14H,2,5,8-9H2,1H3. The van der Waals surface area contributed by atoms with E-state index in [9.17, 15) is 12.8 Å². The molecule has 0 spiro atoms. The van der Waals surface area contributed by atoms with Crippen molar-refractivity contribution in [1.82, 2.24) is 4.72 Å². The Morgan fingerprint density at radius 1 is 1.35 bits per heavy atom. The maximum Gasteiger partial charge on any atom is 0.243 e. The third-order valence-corrected chi connectivity index (χ3v) is 5.08. The largest absolute Gasteiger partial charge is 0.243 e. The summed E-state index contributed by atoms with van der Waals surface area (Å²) in [6.45, 7) is 1.95. The lowest BCUT2D eigenvalue weighted by Gasteiger charge is -2.41. The first-order valence-electron chi connectivity index (χ1n) is 5.78. The second-order valence-electron chi connectivity index (χ2n) is 4.52. The van der Waals surface area contributed by atoms with Crippen LogP contribution in [0.25, 0.3) is 0 Å². The predicted molar refractivity (Wildman–Crippen MR) is 63.6 cm³/mol. The smallest absolute Gasteiger partial charge is 0.207 e. The van der Waals surface area contributed by atoms with E-state index in [0.29, 0.717) is 0 Å². The van der Waals surface area contributed by atoms with Gasteiger partial charge in [-0.25, -0.2) is 17.5 Å². The van der Waals surface area contributed by atoms with Crippen molar-refractivity contribution in [2.45, 2.75) is 43.0 Å². The number of sulfonamides is 1. The van der Waals surface area contributed by atoms with E-state index in [4.69, 9.17) is 0 Å². The summed E-state index contributed by atoms with van der Waals surface area (Å²) in [6, 6.07) is 5.46. The van der Waals surface area contributed by atoms with Gasteiger partial charge in [-0.05, 0) is 37.8 Å². The van der Waals surface area contributed by atoms with Crippen LogP contribution in [0.1, 0.15) is 32.6 Å². The second kappa shape index (κ2) is 4.38. The molecule has 1 saturated carbocycles. The van der Waals surface area contributed by atoms with Gasteiger partial charge in [-0.3, -0.25) is 0 Å². The van der Waals surface area contributed by atoms with Crippen LogP contribution >= 0.6 is 0 Å². The lowest BCUT2D eigenvalue weighted by Crippen LogP contribution is -2.52. The fraction of sp³-hybridized carbons (Fsp3) is 0.500. The maximum atomic E-state index is 13.5. The normalized spacial score (nSPS) is 18.7. The summed E-state index contributed by atoms with van der Waals surface area (Å²) >= 11 is 0. The predicted octanol–water partition coefficient (Wildman–Crippen LogP) is 2.44. The van der Waals surface area contributed by atoms with Gasteiger partial charge in [-0.15, -0.1) is 0 Å². The molecule has 94 valence electrons. The van der Waals surface area contributed by atoms with Crippen molar-refractivity contribution in [3.05, 3.63) is 30.1 Å². The van der Waals surface area contributed by atoms with Crippen LogP contribution in [0.5, 0.6) is 0 Å². The molecule has 1 aliphatic rings. The summed E-state index contributed by atoms with van der Waals surface area (Å²) < 4.78 is 40.3. The van der Waals surface area contributed by atoms with Crippen LogP contribution in [0.2, 0.25) is 0 Å². The minimum absolute atomic E-state index is 0.264. The summed E-state index contributed by atoms with van der Waals surface area (Å²) in [4.78, 5) is -0.264. The molecular weight excluding hydrogens is 241 g/mol. The molecule has 0 aliphatic heterocycles. The van der Waals surface area contributed by atoms with Gasteiger partial charge >= 0.3 is 0 Å². The summed E-state index contributed by atoms with van der Waals surface area (Å²) in [6.07, 6.45) is 3.42. The van der Waals surface area contributed by atoms with Crippen LogP contribution in [0, 0.1) is 5.82 Å². The van der Waals surface area contributed by atoms with Gasteiger partial charge < -0.3 is 0 Å². The van der Waals surface area contributed by atoms with Gasteiger partial charge in [0.2, 0.25) is 10.0 Å². The molecule has 0 amide bonds. The third-order valence-electron chi connectivity index (χ3n) is 3.46. The Labute approximate surface area is 101 Å². The highest BCUT2D eigenvalue weighted by Gasteiger charge is 2.39. The van der Waals surface area contributed by atoms with Crippen molar-refractivity contribution >= 4 is 10.0 Å². The molecule has 2 rings (SSSR count). The quantitative estimate of drug-likeness (QED) is 0.900. The molecule has 1 aromatic carbocycles. The Bertz CT molecular complexity index is 503. The van der Waals surface area contributed by atoms with Gasteiger partial charge in [0, 0.05) is 5.54 Å². The van der Waals surface area contributed by atoms with Crippen LogP contribution in [-0.4, -0.2) is 14.0 Å². The van der Waals surface area contributed by atoms with Crippen LogP contribution in [0.15, 0.2) is 29.2 Å². The molecule has 0 radical (unpaired) electrons. The number of benzene rings is 1. The van der Waals surface area contributed by atoms with Crippen molar-refractivity contribution in [3.8, 4) is 0 Å². The Balaban J connectivity index is 2.29. The molecule has 1 N–H and O–H groups in total. The molecule has 1 aliphatic carbocycles. The van der Waals surface area contributed by atoms with Crippen molar-refractivity contribution < 1.29 is 12.8 Å². The topological polar surface area (TPSA) is 46.2 Å². The highest BCUT2D eigenvalue weighted by molar-refractivity contribution is 7.89. The van der Waals surface area contributed by atoms with Gasteiger partial charge in [0.1, 0.15) is 10.7 Å². The molecule has 1 aromatic rings. The molecule has 0 saturated heterocycles. The van der Waals surface area contributed by atoms with Crippen LogP contribution in [0.4, 0.5) is 4.39 Å². The van der Waals surface area contributed by atoms with Crippen molar-refractivity contribution in [2.24, 2.45) is 0 Å². The number of halogens is 1. The monoisotopic (exact) mass is 257 g/mol. The van der Waals surface area contributed by atoms with Crippen molar-refractivity contribution in [3.63, 3.8) is 0 Å². The van der Waals surface area contributed by atoms with Gasteiger partial charge in [-0.2, -0.15) is 0 Å². The van der Waals surface area contributed by atoms with E-state index >= 15 is 0 Å². The van der Waals surface area contributed by atoms with E-state index in [2.05, 4.69) is 4.72 Å². The number of hydrogen-bond donors (Lipinski definition) is 1. The van der Waals surface area contributed by atoms with Crippen LogP contribution < -0.4 is 4.72 Å². The average molecular weight is 257 g/mol. The zero-order chi connectivity index (χ0) is 12.5. The lowest BCUT2D eigenvalue weighted by atomic mass is 9.76. The summed E-state index contributed by atoms with van der Waals surface area (Å²) in [7, 11) is -3.75. The Morgan fingerprint density at radius 2 is 2.00 bits per heavy atom. The molecule has 0 bridgehead atoms. The van der Waals surface area contributed by atoms with E-state index in [1.165, 1.54) is 18.2 Å². The minimum Gasteiger partial charge on any atom is -0.207 e. The van der Waals surface area contributed by atoms with Crippen molar-refractivity contribution in [1.29, 1.82) is 0 Å². The van der Waals surface area contributed by atoms with E-state index in [0.717, 1.165) is 31.7 Å². The summed E-state index contributed by atoms with van der Waals surface area (Å²) in [5.41, 5.74) is -0.360. The molecule has 1 fully saturated rings. The Kier molecular flexibility index (Phi) is 3.23. The molecule has 17 heavy (non-hydrogen) atoms. The van der Waals surface area contributed by atoms with Gasteiger partial charge in [0.15, 0.2) is 0 Å². The molecule has 3 nitrogen and oxygen atoms in total. The first-order chi connectivity index (χ1) is 7.99. The van der Waals surface area contributed by atoms with Gasteiger partial charge in [-0.1, -0.05) is 19.1 Å². The van der Waals surface area contributed by atoms with Gasteiger partial charge in [0.05, 0.1) is 0 Å². The number of rotatable bonds is 4. The molecular formula is C12H16FNO2S. The fourth-order valence-corrected chi connectivity index (χ4v) is 3.74. The van der Waals surface area contributed by atoms with Crippen LogP contribution in [-0.2, 0) is 10.0 Å². The summed E-state index contributed by atoms with van der Waals surface area (Å²) in [5, 5.41) is 0. The number of hydrogen-bond acceptors (Lipinski definition) is 2. The highest BCUT2D eigenvalue weighted by Crippen LogP contribution is 2.36. The maximum absolute atomic E-state index is 13.5. The van der Waals surface area contributed by atoms with Gasteiger partial charge in [0.25, 0.3) is 0 Å². The molecule has 0 aromatic heterocycles. The highest BCUT2D eigenvalue weighted by atomic mass is 32.2. The van der Waals surface area contributed by atoms with Crippen LogP contribution in [0.3, 0.4) is 0 Å². The van der Waals surface area contributed by atoms with E-state index in [1.807, 2.05) is 6.92 Å². The summed E-state index contributed by atoms with van der Waals surface area (Å²) in [5.74, 6) is -0.703. The molecule has 0 unspecified atom stereocenters. The number of nitrogens with one attached hydrogen (secondary N) is 1. The first-order valence-corrected chi connectivity index (χ1v) is 7.26. The molecule has 0 heterocycles. The minimum atomic E-state index is -3.75. The second-order valence-corrected chi connectivity index (χ2v) is 6.17. The van der Waals surface area contributed by atoms with E-state index in [-0.39, 0.29) is 10.4 Å². The zero-order valence-corrected chi connectivity index (χ0v) is 10.6.